The van der Waals surface area contributed by atoms with Crippen molar-refractivity contribution >= 4 is 17.1 Å². The number of nitrogens with two attached hydrogens (primary N) is 1. The molecule has 124 valence electrons. The maximum absolute atomic E-state index is 12.4. The first-order valence-corrected chi connectivity index (χ1v) is 7.85. The summed E-state index contributed by atoms with van der Waals surface area (Å²) < 4.78 is 5.20. The van der Waals surface area contributed by atoms with Gasteiger partial charge >= 0.3 is 0 Å². The van der Waals surface area contributed by atoms with Gasteiger partial charge < -0.3 is 10.5 Å². The van der Waals surface area contributed by atoms with Crippen molar-refractivity contribution in [3.8, 4) is 5.75 Å². The van der Waals surface area contributed by atoms with Crippen LogP contribution in [0.4, 0.5) is 0 Å². The summed E-state index contributed by atoms with van der Waals surface area (Å²) in [7, 11) is 1.60. The molecule has 1 heterocycles. The lowest BCUT2D eigenvalue weighted by molar-refractivity contribution is -0.112. The molecule has 0 saturated heterocycles. The fourth-order valence-electron chi connectivity index (χ4n) is 2.75. The van der Waals surface area contributed by atoms with E-state index in [4.69, 9.17) is 10.5 Å². The van der Waals surface area contributed by atoms with Crippen molar-refractivity contribution in [3.63, 3.8) is 0 Å². The first kappa shape index (κ1) is 16.5. The quantitative estimate of drug-likeness (QED) is 0.575. The number of benzene rings is 2. The highest BCUT2D eigenvalue weighted by Crippen LogP contribution is 2.32. The third kappa shape index (κ3) is 3.58. The van der Waals surface area contributed by atoms with Crippen molar-refractivity contribution in [1.82, 2.24) is 4.98 Å². The minimum atomic E-state index is -0.485. The molecule has 25 heavy (non-hydrogen) atoms. The molecule has 1 amide bonds. The first-order chi connectivity index (χ1) is 12.2. The van der Waals surface area contributed by atoms with Gasteiger partial charge in [-0.2, -0.15) is 0 Å². The van der Waals surface area contributed by atoms with Gasteiger partial charge in [-0.1, -0.05) is 42.5 Å². The van der Waals surface area contributed by atoms with Crippen molar-refractivity contribution < 1.29 is 9.53 Å². The minimum Gasteiger partial charge on any atom is -0.497 e. The first-order valence-electron chi connectivity index (χ1n) is 7.85. The van der Waals surface area contributed by atoms with Gasteiger partial charge in [-0.3, -0.25) is 9.78 Å². The number of primary amides is 1. The van der Waals surface area contributed by atoms with Crippen LogP contribution in [0.3, 0.4) is 0 Å². The van der Waals surface area contributed by atoms with Crippen LogP contribution in [0, 0.1) is 0 Å². The van der Waals surface area contributed by atoms with Gasteiger partial charge in [0.1, 0.15) is 5.75 Å². The monoisotopic (exact) mass is 330 g/mol. The Hall–Kier alpha value is -3.40. The number of rotatable bonds is 5. The lowest BCUT2D eigenvalue weighted by Gasteiger charge is -2.15. The molecule has 4 heteroatoms. The zero-order valence-electron chi connectivity index (χ0n) is 13.8. The highest BCUT2D eigenvalue weighted by Gasteiger charge is 2.18. The smallest absolute Gasteiger partial charge is 0.249 e. The number of carbonyl (C=O) groups excluding carboxylic acids is 1. The summed E-state index contributed by atoms with van der Waals surface area (Å²) in [4.78, 5) is 16.4. The Morgan fingerprint density at radius 3 is 2.00 bits per heavy atom. The number of amides is 1. The van der Waals surface area contributed by atoms with Crippen LogP contribution in [-0.2, 0) is 4.79 Å². The van der Waals surface area contributed by atoms with Crippen molar-refractivity contribution in [2.24, 2.45) is 5.73 Å². The van der Waals surface area contributed by atoms with Crippen LogP contribution in [0.25, 0.3) is 11.1 Å². The fourth-order valence-corrected chi connectivity index (χ4v) is 2.75. The molecule has 3 rings (SSSR count). The molecule has 4 nitrogen and oxygen atoms in total. The Labute approximate surface area is 146 Å². The van der Waals surface area contributed by atoms with Crippen molar-refractivity contribution in [3.05, 3.63) is 95.8 Å². The summed E-state index contributed by atoms with van der Waals surface area (Å²) in [5.41, 5.74) is 9.54. The molecule has 0 unspecified atom stereocenters. The Morgan fingerprint density at radius 2 is 1.44 bits per heavy atom. The van der Waals surface area contributed by atoms with Gasteiger partial charge in [0.25, 0.3) is 0 Å². The Kier molecular flexibility index (Phi) is 4.90. The Morgan fingerprint density at radius 1 is 0.840 bits per heavy atom. The van der Waals surface area contributed by atoms with Gasteiger partial charge in [0.05, 0.1) is 12.7 Å². The van der Waals surface area contributed by atoms with E-state index in [0.29, 0.717) is 5.57 Å². The van der Waals surface area contributed by atoms with Crippen LogP contribution in [0.1, 0.15) is 16.7 Å². The van der Waals surface area contributed by atoms with Gasteiger partial charge in [-0.05, 0) is 41.0 Å². The molecule has 0 spiro atoms. The number of hydrogen-bond donors (Lipinski definition) is 1. The fraction of sp³-hybridized carbons (Fsp3) is 0.0476. The van der Waals surface area contributed by atoms with Crippen LogP contribution in [0.5, 0.6) is 5.75 Å². The van der Waals surface area contributed by atoms with Gasteiger partial charge in [0, 0.05) is 18.0 Å². The van der Waals surface area contributed by atoms with E-state index in [1.807, 2.05) is 66.7 Å². The van der Waals surface area contributed by atoms with Crippen LogP contribution >= 0.6 is 0 Å². The average Bonchev–Trinajstić information content (AvgIpc) is 2.67. The van der Waals surface area contributed by atoms with E-state index in [2.05, 4.69) is 4.98 Å². The number of nitrogens with zero attached hydrogens (tertiary/aromatic N) is 1. The van der Waals surface area contributed by atoms with E-state index in [0.717, 1.165) is 28.0 Å². The van der Waals surface area contributed by atoms with E-state index in [9.17, 15) is 4.79 Å². The lowest BCUT2D eigenvalue weighted by Crippen LogP contribution is -2.15. The molecule has 0 aliphatic rings. The highest BCUT2D eigenvalue weighted by atomic mass is 16.5. The summed E-state index contributed by atoms with van der Waals surface area (Å²) in [5.74, 6) is 0.235. The third-order valence-electron chi connectivity index (χ3n) is 3.91. The van der Waals surface area contributed by atoms with Crippen LogP contribution < -0.4 is 10.5 Å². The second-order valence-corrected chi connectivity index (χ2v) is 5.44. The van der Waals surface area contributed by atoms with E-state index in [-0.39, 0.29) is 0 Å². The van der Waals surface area contributed by atoms with E-state index in [1.54, 1.807) is 19.5 Å². The summed E-state index contributed by atoms with van der Waals surface area (Å²) in [5, 5.41) is 0. The molecule has 0 bridgehead atoms. The SMILES string of the molecule is COc1ccc(/C(C(N)=O)=C(/c2ccccc2)c2ccncc2)cc1. The number of pyridine rings is 1. The molecule has 2 aromatic carbocycles. The van der Waals surface area contributed by atoms with Gasteiger partial charge in [0.2, 0.25) is 5.91 Å². The number of carbonyl (C=O) groups is 1. The van der Waals surface area contributed by atoms with Crippen LogP contribution in [-0.4, -0.2) is 18.0 Å². The normalized spacial score (nSPS) is 11.6. The second-order valence-electron chi connectivity index (χ2n) is 5.44. The number of aromatic nitrogens is 1. The molecule has 1 aromatic heterocycles. The summed E-state index contributed by atoms with van der Waals surface area (Å²) in [6.07, 6.45) is 3.40. The molecule has 0 saturated carbocycles. The maximum Gasteiger partial charge on any atom is 0.249 e. The molecule has 2 N–H and O–H groups in total. The van der Waals surface area contributed by atoms with Crippen LogP contribution in [0.2, 0.25) is 0 Å². The van der Waals surface area contributed by atoms with E-state index < -0.39 is 5.91 Å². The predicted octanol–water partition coefficient (Wildman–Crippen LogP) is 3.53. The van der Waals surface area contributed by atoms with Gasteiger partial charge in [-0.25, -0.2) is 0 Å². The standard InChI is InChI=1S/C21H18N2O2/c1-25-18-9-7-16(8-10-18)20(21(22)24)19(15-5-3-2-4-6-15)17-11-13-23-14-12-17/h2-14H,1H3,(H2,22,24)/b20-19+. The number of hydrogen-bond acceptors (Lipinski definition) is 3. The van der Waals surface area contributed by atoms with Crippen molar-refractivity contribution in [2.45, 2.75) is 0 Å². The maximum atomic E-state index is 12.4. The Bertz CT molecular complexity index is 845. The Balaban J connectivity index is 2.29. The second kappa shape index (κ2) is 7.45. The van der Waals surface area contributed by atoms with Crippen molar-refractivity contribution in [2.75, 3.05) is 7.11 Å². The van der Waals surface area contributed by atoms with Crippen molar-refractivity contribution in [1.29, 1.82) is 0 Å². The molecule has 0 aliphatic carbocycles. The number of ether oxygens (including phenoxy) is 1. The van der Waals surface area contributed by atoms with Crippen LogP contribution in [0.15, 0.2) is 79.1 Å². The highest BCUT2D eigenvalue weighted by molar-refractivity contribution is 6.28. The van der Waals surface area contributed by atoms with E-state index >= 15 is 0 Å². The largest absolute Gasteiger partial charge is 0.497 e. The molecule has 0 fully saturated rings. The average molecular weight is 330 g/mol. The van der Waals surface area contributed by atoms with E-state index in [1.165, 1.54) is 0 Å². The molecular formula is C21H18N2O2. The topological polar surface area (TPSA) is 65.2 Å². The zero-order chi connectivity index (χ0) is 17.6. The molecule has 0 aliphatic heterocycles. The lowest BCUT2D eigenvalue weighted by atomic mass is 9.89. The summed E-state index contributed by atoms with van der Waals surface area (Å²) in [6, 6.07) is 20.8. The predicted molar refractivity (Wildman–Crippen MR) is 98.8 cm³/mol. The molecule has 0 atom stereocenters. The minimum absolute atomic E-state index is 0.458. The molecule has 3 aromatic rings. The zero-order valence-corrected chi connectivity index (χ0v) is 13.8. The summed E-state index contributed by atoms with van der Waals surface area (Å²) in [6.45, 7) is 0. The molecular weight excluding hydrogens is 312 g/mol. The molecule has 0 radical (unpaired) electrons. The summed E-state index contributed by atoms with van der Waals surface area (Å²) >= 11 is 0. The number of methoxy groups -OCH3 is 1. The van der Waals surface area contributed by atoms with Gasteiger partial charge in [0.15, 0.2) is 0 Å². The third-order valence-corrected chi connectivity index (χ3v) is 3.91. The van der Waals surface area contributed by atoms with Gasteiger partial charge in [-0.15, -0.1) is 0 Å².